The summed E-state index contributed by atoms with van der Waals surface area (Å²) < 4.78 is 0. The normalized spacial score (nSPS) is 13.4. The molecule has 0 fully saturated rings. The number of rotatable bonds is 2. The van der Waals surface area contributed by atoms with Gasteiger partial charge in [-0.15, -0.1) is 0 Å². The molecule has 2 aromatic carbocycles. The molecule has 0 bridgehead atoms. The number of benzene rings is 2. The van der Waals surface area contributed by atoms with E-state index in [9.17, 15) is 9.90 Å². The predicted octanol–water partition coefficient (Wildman–Crippen LogP) is 1.86. The number of aromatic nitrogens is 2. The molecular weight excluding hydrogens is 331 g/mol. The summed E-state index contributed by atoms with van der Waals surface area (Å²) in [5, 5.41) is 10.1. The van der Waals surface area contributed by atoms with E-state index in [-0.39, 0.29) is 11.3 Å². The fourth-order valence-electron chi connectivity index (χ4n) is 3.07. The molecule has 2 heterocycles. The second kappa shape index (κ2) is 6.45. The second-order valence-electron chi connectivity index (χ2n) is 6.24. The molecule has 1 aliphatic rings. The van der Waals surface area contributed by atoms with Gasteiger partial charge in [0.25, 0.3) is 5.56 Å². The number of nitrogens with zero attached hydrogens (tertiary/aromatic N) is 1. The Bertz CT molecular complexity index is 999. The van der Waals surface area contributed by atoms with Crippen LogP contribution >= 0.6 is 11.8 Å². The van der Waals surface area contributed by atoms with Gasteiger partial charge in [-0.05, 0) is 23.8 Å². The SMILES string of the molecule is Bc1ccc(-c2ccc(-c3nc4c(c(=O)[nH]3)CSCC4)cc2)c(O)c1. The maximum atomic E-state index is 12.3. The van der Waals surface area contributed by atoms with Crippen LogP contribution in [0.4, 0.5) is 0 Å². The first-order valence-corrected chi connectivity index (χ1v) is 9.37. The van der Waals surface area contributed by atoms with E-state index in [1.54, 1.807) is 17.8 Å². The zero-order chi connectivity index (χ0) is 17.4. The molecule has 0 aliphatic carbocycles. The maximum Gasteiger partial charge on any atom is 0.255 e. The largest absolute Gasteiger partial charge is 0.507 e. The minimum atomic E-state index is -0.0348. The Labute approximate surface area is 150 Å². The molecular formula is C19H17BN2O2S. The summed E-state index contributed by atoms with van der Waals surface area (Å²) in [6, 6.07) is 13.4. The number of aromatic hydroxyl groups is 1. The lowest BCUT2D eigenvalue weighted by Gasteiger charge is -2.14. The van der Waals surface area contributed by atoms with Crippen molar-refractivity contribution < 1.29 is 5.11 Å². The molecule has 0 spiro atoms. The molecule has 4 nitrogen and oxygen atoms in total. The minimum absolute atomic E-state index is 0.0348. The van der Waals surface area contributed by atoms with Crippen molar-refractivity contribution in [2.45, 2.75) is 12.2 Å². The Hall–Kier alpha value is -2.47. The number of hydrogen-bond acceptors (Lipinski definition) is 4. The predicted molar refractivity (Wildman–Crippen MR) is 105 cm³/mol. The number of aromatic amines is 1. The zero-order valence-corrected chi connectivity index (χ0v) is 14.7. The van der Waals surface area contributed by atoms with Crippen molar-refractivity contribution in [3.8, 4) is 28.3 Å². The van der Waals surface area contributed by atoms with E-state index in [0.717, 1.165) is 51.3 Å². The number of phenols is 1. The summed E-state index contributed by atoms with van der Waals surface area (Å²) in [6.07, 6.45) is 0.840. The number of aryl methyl sites for hydroxylation is 1. The van der Waals surface area contributed by atoms with Crippen LogP contribution in [-0.2, 0) is 12.2 Å². The van der Waals surface area contributed by atoms with Crippen LogP contribution in [0, 0.1) is 0 Å². The van der Waals surface area contributed by atoms with Crippen molar-refractivity contribution in [1.82, 2.24) is 9.97 Å². The van der Waals surface area contributed by atoms with Crippen LogP contribution in [0.15, 0.2) is 47.3 Å². The van der Waals surface area contributed by atoms with Crippen LogP contribution in [0.5, 0.6) is 5.75 Å². The summed E-state index contributed by atoms with van der Waals surface area (Å²) in [4.78, 5) is 19.8. The van der Waals surface area contributed by atoms with Gasteiger partial charge in [0.1, 0.15) is 19.4 Å². The van der Waals surface area contributed by atoms with Gasteiger partial charge in [0.15, 0.2) is 0 Å². The van der Waals surface area contributed by atoms with E-state index in [2.05, 4.69) is 9.97 Å². The highest BCUT2D eigenvalue weighted by molar-refractivity contribution is 7.98. The third-order valence-corrected chi connectivity index (χ3v) is 5.44. The van der Waals surface area contributed by atoms with E-state index < -0.39 is 0 Å². The van der Waals surface area contributed by atoms with Crippen LogP contribution in [0.25, 0.3) is 22.5 Å². The highest BCUT2D eigenvalue weighted by Gasteiger charge is 2.16. The lowest BCUT2D eigenvalue weighted by Crippen LogP contribution is -2.21. The molecule has 0 saturated carbocycles. The van der Waals surface area contributed by atoms with E-state index in [1.165, 1.54) is 0 Å². The highest BCUT2D eigenvalue weighted by atomic mass is 32.2. The summed E-state index contributed by atoms with van der Waals surface area (Å²) in [6.45, 7) is 0. The van der Waals surface area contributed by atoms with Gasteiger partial charge < -0.3 is 10.1 Å². The molecule has 124 valence electrons. The molecule has 0 radical (unpaired) electrons. The molecule has 4 rings (SSSR count). The lowest BCUT2D eigenvalue weighted by atomic mass is 9.92. The molecule has 0 amide bonds. The smallest absolute Gasteiger partial charge is 0.255 e. The molecule has 25 heavy (non-hydrogen) atoms. The topological polar surface area (TPSA) is 66.0 Å². The van der Waals surface area contributed by atoms with Crippen LogP contribution in [0.3, 0.4) is 0 Å². The monoisotopic (exact) mass is 348 g/mol. The molecule has 3 aromatic rings. The van der Waals surface area contributed by atoms with Crippen LogP contribution < -0.4 is 11.0 Å². The number of hydrogen-bond donors (Lipinski definition) is 2. The molecule has 0 atom stereocenters. The quantitative estimate of drug-likeness (QED) is 0.694. The summed E-state index contributed by atoms with van der Waals surface area (Å²) >= 11 is 1.77. The number of fused-ring (bicyclic) bond motifs is 1. The Balaban J connectivity index is 1.71. The fourth-order valence-corrected chi connectivity index (χ4v) is 4.06. The molecule has 1 aliphatic heterocycles. The van der Waals surface area contributed by atoms with Gasteiger partial charge in [-0.3, -0.25) is 4.79 Å². The van der Waals surface area contributed by atoms with E-state index in [0.29, 0.717) is 5.82 Å². The first-order chi connectivity index (χ1) is 12.1. The van der Waals surface area contributed by atoms with Crippen molar-refractivity contribution >= 4 is 25.1 Å². The van der Waals surface area contributed by atoms with Crippen molar-refractivity contribution in [3.05, 3.63) is 64.1 Å². The van der Waals surface area contributed by atoms with E-state index >= 15 is 0 Å². The van der Waals surface area contributed by atoms with Crippen LogP contribution in [0.2, 0.25) is 0 Å². The molecule has 0 unspecified atom stereocenters. The van der Waals surface area contributed by atoms with Gasteiger partial charge in [-0.1, -0.05) is 41.9 Å². The van der Waals surface area contributed by atoms with Crippen LogP contribution in [-0.4, -0.2) is 28.7 Å². The first kappa shape index (κ1) is 16.0. The standard InChI is InChI=1S/C19H17BN2O2S/c20-13-5-6-14(17(23)9-13)11-1-3-12(4-2-11)18-21-16-7-8-25-10-15(16)19(24)22-18/h1-6,9,23H,7-8,10,20H2,(H,21,22,24). The zero-order valence-electron chi connectivity index (χ0n) is 13.9. The average Bonchev–Trinajstić information content (AvgIpc) is 2.62. The number of thioether (sulfide) groups is 1. The Kier molecular flexibility index (Phi) is 4.13. The summed E-state index contributed by atoms with van der Waals surface area (Å²) in [7, 11) is 1.95. The third-order valence-electron chi connectivity index (χ3n) is 4.45. The van der Waals surface area contributed by atoms with Crippen molar-refractivity contribution in [2.75, 3.05) is 5.75 Å². The van der Waals surface area contributed by atoms with Crippen molar-refractivity contribution in [2.24, 2.45) is 0 Å². The van der Waals surface area contributed by atoms with Crippen molar-refractivity contribution in [3.63, 3.8) is 0 Å². The average molecular weight is 348 g/mol. The molecule has 6 heteroatoms. The van der Waals surface area contributed by atoms with Gasteiger partial charge in [-0.25, -0.2) is 4.98 Å². The molecule has 2 N–H and O–H groups in total. The van der Waals surface area contributed by atoms with E-state index in [4.69, 9.17) is 0 Å². The molecule has 1 aromatic heterocycles. The van der Waals surface area contributed by atoms with E-state index in [1.807, 2.05) is 44.2 Å². The number of phenolic OH excluding ortho intramolecular Hbond substituents is 1. The first-order valence-electron chi connectivity index (χ1n) is 8.22. The van der Waals surface area contributed by atoms with Gasteiger partial charge in [0.05, 0.1) is 5.69 Å². The lowest BCUT2D eigenvalue weighted by molar-refractivity contribution is 0.478. The summed E-state index contributed by atoms with van der Waals surface area (Å²) in [5.74, 6) is 2.62. The Morgan fingerprint density at radius 3 is 2.64 bits per heavy atom. The minimum Gasteiger partial charge on any atom is -0.507 e. The highest BCUT2D eigenvalue weighted by Crippen LogP contribution is 2.29. The Morgan fingerprint density at radius 1 is 1.12 bits per heavy atom. The second-order valence-corrected chi connectivity index (χ2v) is 7.35. The van der Waals surface area contributed by atoms with Gasteiger partial charge in [0, 0.05) is 22.4 Å². The number of H-pyrrole nitrogens is 1. The number of nitrogens with one attached hydrogen (secondary N) is 1. The van der Waals surface area contributed by atoms with Crippen LogP contribution in [0.1, 0.15) is 11.3 Å². The maximum absolute atomic E-state index is 12.3. The van der Waals surface area contributed by atoms with Gasteiger partial charge in [-0.2, -0.15) is 11.8 Å². The Morgan fingerprint density at radius 2 is 1.88 bits per heavy atom. The molecule has 0 saturated heterocycles. The third kappa shape index (κ3) is 3.09. The van der Waals surface area contributed by atoms with Gasteiger partial charge in [0.2, 0.25) is 0 Å². The van der Waals surface area contributed by atoms with Crippen molar-refractivity contribution in [1.29, 1.82) is 0 Å². The van der Waals surface area contributed by atoms with Gasteiger partial charge >= 0.3 is 0 Å². The fraction of sp³-hybridized carbons (Fsp3) is 0.158. The summed E-state index contributed by atoms with van der Waals surface area (Å²) in [5.41, 5.74) is 5.30.